The van der Waals surface area contributed by atoms with Crippen molar-refractivity contribution in [3.05, 3.63) is 53.1 Å². The van der Waals surface area contributed by atoms with Crippen molar-refractivity contribution >= 4 is 12.2 Å². The summed E-state index contributed by atoms with van der Waals surface area (Å²) in [6.07, 6.45) is -3.02. The zero-order chi connectivity index (χ0) is 21.1. The van der Waals surface area contributed by atoms with E-state index in [4.69, 9.17) is 9.47 Å². The molecule has 1 aliphatic heterocycles. The highest BCUT2D eigenvalue weighted by Crippen LogP contribution is 2.35. The van der Waals surface area contributed by atoms with Gasteiger partial charge in [0, 0.05) is 0 Å². The Morgan fingerprint density at radius 2 is 1.66 bits per heavy atom. The van der Waals surface area contributed by atoms with Crippen LogP contribution in [0.3, 0.4) is 0 Å². The summed E-state index contributed by atoms with van der Waals surface area (Å²) in [5.41, 5.74) is 1.71. The molecule has 6 N–H and O–H groups in total. The SMILES string of the molecule is COc1cc(/C=C/c2cc(O)cc([C@@H]3O[C@H](CO)[C@@H](O)[C@H](O)[C@H]3O)c2)ccc1O. The van der Waals surface area contributed by atoms with Gasteiger partial charge in [0.25, 0.3) is 0 Å². The highest BCUT2D eigenvalue weighted by Gasteiger charge is 2.44. The van der Waals surface area contributed by atoms with Crippen LogP contribution in [0, 0.1) is 0 Å². The molecule has 0 unspecified atom stereocenters. The van der Waals surface area contributed by atoms with Crippen LogP contribution in [0.1, 0.15) is 22.8 Å². The van der Waals surface area contributed by atoms with Crippen LogP contribution in [-0.4, -0.2) is 68.8 Å². The molecule has 0 saturated carbocycles. The van der Waals surface area contributed by atoms with E-state index in [1.165, 1.54) is 25.3 Å². The lowest BCUT2D eigenvalue weighted by Crippen LogP contribution is -2.55. The first kappa shape index (κ1) is 21.1. The molecule has 5 atom stereocenters. The van der Waals surface area contributed by atoms with E-state index >= 15 is 0 Å². The molecule has 8 nitrogen and oxygen atoms in total. The maximum atomic E-state index is 10.3. The Hall–Kier alpha value is -2.62. The first-order valence-electron chi connectivity index (χ1n) is 9.03. The molecule has 0 radical (unpaired) electrons. The lowest BCUT2D eigenvalue weighted by Gasteiger charge is -2.40. The first-order valence-corrected chi connectivity index (χ1v) is 9.03. The van der Waals surface area contributed by atoms with E-state index in [0.29, 0.717) is 16.9 Å². The average Bonchev–Trinajstić information content (AvgIpc) is 2.71. The van der Waals surface area contributed by atoms with Crippen molar-refractivity contribution in [3.8, 4) is 17.2 Å². The summed E-state index contributed by atoms with van der Waals surface area (Å²) in [5, 5.41) is 59.3. The number of rotatable bonds is 5. The van der Waals surface area contributed by atoms with E-state index < -0.39 is 37.1 Å². The minimum Gasteiger partial charge on any atom is -0.508 e. The number of ether oxygens (including phenoxy) is 2. The second-order valence-electron chi connectivity index (χ2n) is 6.87. The van der Waals surface area contributed by atoms with Crippen LogP contribution in [0.4, 0.5) is 0 Å². The van der Waals surface area contributed by atoms with E-state index in [9.17, 15) is 30.6 Å². The Kier molecular flexibility index (Phi) is 6.41. The summed E-state index contributed by atoms with van der Waals surface area (Å²) >= 11 is 0. The molecule has 2 aromatic rings. The lowest BCUT2D eigenvalue weighted by molar-refractivity contribution is -0.231. The molecule has 29 heavy (non-hydrogen) atoms. The van der Waals surface area contributed by atoms with Gasteiger partial charge in [-0.3, -0.25) is 0 Å². The van der Waals surface area contributed by atoms with Gasteiger partial charge in [-0.2, -0.15) is 0 Å². The number of aliphatic hydroxyl groups excluding tert-OH is 4. The standard InChI is InChI=1S/C21H24O8/c1-28-16-8-11(4-5-15(16)24)2-3-12-6-13(9-14(23)7-12)21-20(27)19(26)18(25)17(10-22)29-21/h2-9,17-27H,10H2,1H3/b3-2+/t17-,18-,19+,20-,21+/m1/s1. The summed E-state index contributed by atoms with van der Waals surface area (Å²) in [7, 11) is 1.45. The third-order valence-electron chi connectivity index (χ3n) is 4.86. The largest absolute Gasteiger partial charge is 0.508 e. The van der Waals surface area contributed by atoms with Gasteiger partial charge in [0.1, 0.15) is 36.3 Å². The Bertz CT molecular complexity index is 879. The second-order valence-corrected chi connectivity index (χ2v) is 6.87. The smallest absolute Gasteiger partial charge is 0.161 e. The van der Waals surface area contributed by atoms with E-state index in [0.717, 1.165) is 5.56 Å². The van der Waals surface area contributed by atoms with Crippen LogP contribution >= 0.6 is 0 Å². The molecule has 1 aliphatic rings. The second kappa shape index (κ2) is 8.81. The van der Waals surface area contributed by atoms with Gasteiger partial charge in [-0.25, -0.2) is 0 Å². The normalized spacial score (nSPS) is 27.3. The van der Waals surface area contributed by atoms with E-state index in [-0.39, 0.29) is 11.5 Å². The molecule has 0 amide bonds. The fourth-order valence-corrected chi connectivity index (χ4v) is 3.29. The predicted octanol–water partition coefficient (Wildman–Crippen LogP) is 0.792. The minimum atomic E-state index is -1.50. The van der Waals surface area contributed by atoms with E-state index in [2.05, 4.69) is 0 Å². The van der Waals surface area contributed by atoms with Crippen LogP contribution in [0.25, 0.3) is 12.2 Å². The maximum absolute atomic E-state index is 10.3. The third kappa shape index (κ3) is 4.52. The summed E-state index contributed by atoms with van der Waals surface area (Å²) in [5.74, 6) is 0.263. The first-order chi connectivity index (χ1) is 13.8. The summed E-state index contributed by atoms with van der Waals surface area (Å²) < 4.78 is 10.6. The number of hydrogen-bond acceptors (Lipinski definition) is 8. The zero-order valence-corrected chi connectivity index (χ0v) is 15.7. The molecule has 0 aliphatic carbocycles. The number of aromatic hydroxyl groups is 2. The van der Waals surface area contributed by atoms with Gasteiger partial charge >= 0.3 is 0 Å². The number of benzene rings is 2. The van der Waals surface area contributed by atoms with Gasteiger partial charge in [-0.05, 0) is 47.0 Å². The quantitative estimate of drug-likeness (QED) is 0.402. The molecule has 0 aromatic heterocycles. The van der Waals surface area contributed by atoms with Crippen LogP contribution in [0.2, 0.25) is 0 Å². The topological polar surface area (TPSA) is 140 Å². The van der Waals surface area contributed by atoms with Crippen LogP contribution in [0.15, 0.2) is 36.4 Å². The maximum Gasteiger partial charge on any atom is 0.161 e. The van der Waals surface area contributed by atoms with Crippen molar-refractivity contribution in [1.82, 2.24) is 0 Å². The van der Waals surface area contributed by atoms with Gasteiger partial charge in [-0.15, -0.1) is 0 Å². The number of phenolic OH excluding ortho intramolecular Hbond substituents is 2. The molecule has 8 heteroatoms. The number of phenols is 2. The van der Waals surface area contributed by atoms with E-state index in [1.54, 1.807) is 30.4 Å². The van der Waals surface area contributed by atoms with Crippen molar-refractivity contribution in [3.63, 3.8) is 0 Å². The van der Waals surface area contributed by atoms with Crippen molar-refractivity contribution in [1.29, 1.82) is 0 Å². The van der Waals surface area contributed by atoms with Crippen molar-refractivity contribution in [2.24, 2.45) is 0 Å². The highest BCUT2D eigenvalue weighted by atomic mass is 16.5. The van der Waals surface area contributed by atoms with Gasteiger partial charge in [-0.1, -0.05) is 18.2 Å². The molecular weight excluding hydrogens is 380 g/mol. The Morgan fingerprint density at radius 1 is 0.931 bits per heavy atom. The Balaban J connectivity index is 1.88. The number of hydrogen-bond donors (Lipinski definition) is 6. The Morgan fingerprint density at radius 3 is 2.34 bits per heavy atom. The molecule has 1 saturated heterocycles. The fourth-order valence-electron chi connectivity index (χ4n) is 3.29. The van der Waals surface area contributed by atoms with Gasteiger partial charge < -0.3 is 40.1 Å². The third-order valence-corrected chi connectivity index (χ3v) is 4.86. The highest BCUT2D eigenvalue weighted by molar-refractivity contribution is 5.71. The summed E-state index contributed by atoms with van der Waals surface area (Å²) in [6.45, 7) is -0.532. The monoisotopic (exact) mass is 404 g/mol. The van der Waals surface area contributed by atoms with Crippen LogP contribution < -0.4 is 4.74 Å². The average molecular weight is 404 g/mol. The minimum absolute atomic E-state index is 0.0203. The molecule has 1 heterocycles. The molecule has 156 valence electrons. The van der Waals surface area contributed by atoms with Gasteiger partial charge in [0.05, 0.1) is 13.7 Å². The molecule has 2 aromatic carbocycles. The van der Waals surface area contributed by atoms with Gasteiger partial charge in [0.15, 0.2) is 11.5 Å². The molecule has 3 rings (SSSR count). The van der Waals surface area contributed by atoms with Crippen molar-refractivity contribution < 1.29 is 40.1 Å². The van der Waals surface area contributed by atoms with Crippen molar-refractivity contribution in [2.45, 2.75) is 30.5 Å². The molecule has 0 bridgehead atoms. The van der Waals surface area contributed by atoms with Gasteiger partial charge in [0.2, 0.25) is 0 Å². The summed E-state index contributed by atoms with van der Waals surface area (Å²) in [4.78, 5) is 0. The van der Waals surface area contributed by atoms with E-state index in [1.807, 2.05) is 0 Å². The fraction of sp³-hybridized carbons (Fsp3) is 0.333. The number of aliphatic hydroxyl groups is 4. The lowest BCUT2D eigenvalue weighted by atomic mass is 9.90. The summed E-state index contributed by atoms with van der Waals surface area (Å²) in [6, 6.07) is 9.37. The number of methoxy groups -OCH3 is 1. The molecule has 1 fully saturated rings. The molecular formula is C21H24O8. The molecule has 0 spiro atoms. The zero-order valence-electron chi connectivity index (χ0n) is 15.7. The predicted molar refractivity (Wildman–Crippen MR) is 104 cm³/mol. The van der Waals surface area contributed by atoms with Crippen LogP contribution in [-0.2, 0) is 4.74 Å². The van der Waals surface area contributed by atoms with Crippen molar-refractivity contribution in [2.75, 3.05) is 13.7 Å². The van der Waals surface area contributed by atoms with Crippen LogP contribution in [0.5, 0.6) is 17.2 Å². The Labute approximate surface area is 167 Å².